The van der Waals surface area contributed by atoms with E-state index in [1.807, 2.05) is 11.3 Å². The fraction of sp³-hybridized carbons (Fsp3) is 0. The van der Waals surface area contributed by atoms with Crippen LogP contribution in [0.15, 0.2) is 168 Å². The highest BCUT2D eigenvalue weighted by atomic mass is 32.1. The van der Waals surface area contributed by atoms with Gasteiger partial charge in [-0.05, 0) is 58.1 Å². The molecule has 0 aliphatic heterocycles. The Morgan fingerprint density at radius 2 is 1.04 bits per heavy atom. The molecule has 10 rings (SSSR count). The van der Waals surface area contributed by atoms with Crippen LogP contribution in [0.2, 0.25) is 0 Å². The van der Waals surface area contributed by atoms with Gasteiger partial charge in [0.25, 0.3) is 0 Å². The summed E-state index contributed by atoms with van der Waals surface area (Å²) in [6.07, 6.45) is 0. The second-order valence-corrected chi connectivity index (χ2v) is 13.1. The van der Waals surface area contributed by atoms with Crippen LogP contribution in [0.3, 0.4) is 0 Å². The molecule has 0 aliphatic carbocycles. The molecule has 0 spiro atoms. The fourth-order valence-electron chi connectivity index (χ4n) is 7.45. The Hall–Kier alpha value is -5.90. The Bertz CT molecular complexity index is 2780. The summed E-state index contributed by atoms with van der Waals surface area (Å²) in [5.41, 5.74) is 12.6. The summed E-state index contributed by atoms with van der Waals surface area (Å²) in [4.78, 5) is 0. The summed E-state index contributed by atoms with van der Waals surface area (Å²) in [6.45, 7) is 0. The fourth-order valence-corrected chi connectivity index (χ4v) is 8.70. The molecule has 0 aliphatic rings. The Kier molecular flexibility index (Phi) is 5.78. The van der Waals surface area contributed by atoms with E-state index >= 15 is 0 Å². The highest BCUT2D eigenvalue weighted by molar-refractivity contribution is 7.26. The van der Waals surface area contributed by atoms with Crippen molar-refractivity contribution in [3.05, 3.63) is 164 Å². The number of nitrogens with zero attached hydrogens (tertiary/aromatic N) is 1. The second kappa shape index (κ2) is 10.3. The van der Waals surface area contributed by atoms with Gasteiger partial charge < -0.3 is 8.98 Å². The maximum atomic E-state index is 6.66. The van der Waals surface area contributed by atoms with Gasteiger partial charge in [0.1, 0.15) is 11.2 Å². The number of aromatic nitrogens is 1. The maximum absolute atomic E-state index is 6.66. The molecule has 0 atom stereocenters. The summed E-state index contributed by atoms with van der Waals surface area (Å²) in [5.74, 6) is 0. The number of fused-ring (bicyclic) bond motifs is 8. The van der Waals surface area contributed by atoms with Crippen molar-refractivity contribution in [3.8, 4) is 39.1 Å². The molecule has 0 N–H and O–H groups in total. The minimum atomic E-state index is 0.899. The zero-order valence-corrected chi connectivity index (χ0v) is 26.2. The number of hydrogen-bond acceptors (Lipinski definition) is 2. The van der Waals surface area contributed by atoms with Crippen molar-refractivity contribution in [2.24, 2.45) is 0 Å². The SMILES string of the molecule is c1ccc(-c2cccc3c2oc2cccc(-c4ccccc4-c4cccc5sc6c7ccccc7n(-c7ccccc7)c6c45)c23)cc1. The molecule has 0 saturated carbocycles. The summed E-state index contributed by atoms with van der Waals surface area (Å²) in [5, 5.41) is 4.85. The smallest absolute Gasteiger partial charge is 0.143 e. The van der Waals surface area contributed by atoms with Gasteiger partial charge >= 0.3 is 0 Å². The van der Waals surface area contributed by atoms with Gasteiger partial charge in [-0.1, -0.05) is 133 Å². The predicted molar refractivity (Wildman–Crippen MR) is 200 cm³/mol. The largest absolute Gasteiger partial charge is 0.455 e. The van der Waals surface area contributed by atoms with E-state index in [2.05, 4.69) is 168 Å². The average Bonchev–Trinajstić information content (AvgIpc) is 3.81. The molecule has 0 amide bonds. The van der Waals surface area contributed by atoms with E-state index in [1.54, 1.807) is 0 Å². The number of rotatable bonds is 4. The molecule has 0 saturated heterocycles. The minimum absolute atomic E-state index is 0.899. The molecule has 47 heavy (non-hydrogen) atoms. The van der Waals surface area contributed by atoms with Gasteiger partial charge in [-0.2, -0.15) is 0 Å². The van der Waals surface area contributed by atoms with Crippen molar-refractivity contribution in [1.82, 2.24) is 4.57 Å². The highest BCUT2D eigenvalue weighted by Crippen LogP contribution is 2.48. The lowest BCUT2D eigenvalue weighted by Crippen LogP contribution is -1.94. The Labute approximate surface area is 275 Å². The zero-order chi connectivity index (χ0) is 30.9. The van der Waals surface area contributed by atoms with Crippen molar-refractivity contribution < 1.29 is 4.42 Å². The standard InChI is InChI=1S/C44H27NOS/c1-3-14-28(15-4-1)30-21-11-24-36-40-33(22-12-26-38(40)46-43(30)36)31-18-7-8-19-32(31)34-23-13-27-39-41(34)42-44(47-39)35-20-9-10-25-37(35)45(42)29-16-5-2-6-17-29/h1-27H. The van der Waals surface area contributed by atoms with Crippen molar-refractivity contribution in [2.75, 3.05) is 0 Å². The van der Waals surface area contributed by atoms with E-state index < -0.39 is 0 Å². The maximum Gasteiger partial charge on any atom is 0.143 e. The van der Waals surface area contributed by atoms with Gasteiger partial charge in [-0.15, -0.1) is 11.3 Å². The molecule has 220 valence electrons. The van der Waals surface area contributed by atoms with Crippen LogP contribution in [0, 0.1) is 0 Å². The topological polar surface area (TPSA) is 18.1 Å². The zero-order valence-electron chi connectivity index (χ0n) is 25.4. The van der Waals surface area contributed by atoms with Crippen LogP contribution >= 0.6 is 11.3 Å². The summed E-state index contributed by atoms with van der Waals surface area (Å²) >= 11 is 1.89. The van der Waals surface area contributed by atoms with E-state index in [4.69, 9.17) is 4.42 Å². The van der Waals surface area contributed by atoms with Crippen LogP contribution in [0.4, 0.5) is 0 Å². The van der Waals surface area contributed by atoms with Gasteiger partial charge in [0, 0.05) is 37.5 Å². The van der Waals surface area contributed by atoms with E-state index in [9.17, 15) is 0 Å². The van der Waals surface area contributed by atoms with Crippen LogP contribution in [0.5, 0.6) is 0 Å². The molecule has 7 aromatic carbocycles. The Morgan fingerprint density at radius 1 is 0.447 bits per heavy atom. The van der Waals surface area contributed by atoms with Crippen molar-refractivity contribution in [1.29, 1.82) is 0 Å². The molecule has 3 heterocycles. The van der Waals surface area contributed by atoms with E-state index in [0.29, 0.717) is 0 Å². The number of para-hydroxylation sites is 3. The number of furan rings is 1. The lowest BCUT2D eigenvalue weighted by molar-refractivity contribution is 0.670. The van der Waals surface area contributed by atoms with Crippen LogP contribution < -0.4 is 0 Å². The third-order valence-electron chi connectivity index (χ3n) is 9.43. The lowest BCUT2D eigenvalue weighted by Gasteiger charge is -2.14. The monoisotopic (exact) mass is 617 g/mol. The lowest BCUT2D eigenvalue weighted by atomic mass is 9.90. The molecule has 0 fully saturated rings. The van der Waals surface area contributed by atoms with Crippen LogP contribution in [0.25, 0.3) is 92.2 Å². The Morgan fingerprint density at radius 3 is 1.85 bits per heavy atom. The average molecular weight is 618 g/mol. The molecule has 10 aromatic rings. The molecule has 2 nitrogen and oxygen atoms in total. The molecule has 3 aromatic heterocycles. The molecular weight excluding hydrogens is 591 g/mol. The van der Waals surface area contributed by atoms with Gasteiger partial charge in [0.05, 0.1) is 15.7 Å². The predicted octanol–water partition coefficient (Wildman–Crippen LogP) is 12.9. The second-order valence-electron chi connectivity index (χ2n) is 12.0. The summed E-state index contributed by atoms with van der Waals surface area (Å²) in [7, 11) is 0. The first kappa shape index (κ1) is 26.3. The van der Waals surface area contributed by atoms with Gasteiger partial charge in [0.2, 0.25) is 0 Å². The first-order valence-electron chi connectivity index (χ1n) is 15.9. The first-order chi connectivity index (χ1) is 23.3. The quantitative estimate of drug-likeness (QED) is 0.192. The van der Waals surface area contributed by atoms with Crippen LogP contribution in [0.1, 0.15) is 0 Å². The first-order valence-corrected chi connectivity index (χ1v) is 16.8. The molecular formula is C44H27NOS. The van der Waals surface area contributed by atoms with Crippen molar-refractivity contribution in [2.45, 2.75) is 0 Å². The molecule has 0 bridgehead atoms. The third kappa shape index (κ3) is 3.90. The number of hydrogen-bond donors (Lipinski definition) is 0. The number of thiophene rings is 1. The summed E-state index contributed by atoms with van der Waals surface area (Å²) in [6, 6.07) is 58.6. The van der Waals surface area contributed by atoms with Crippen LogP contribution in [-0.4, -0.2) is 4.57 Å². The number of benzene rings is 7. The highest BCUT2D eigenvalue weighted by Gasteiger charge is 2.22. The van der Waals surface area contributed by atoms with Crippen molar-refractivity contribution >= 4 is 64.5 Å². The summed E-state index contributed by atoms with van der Waals surface area (Å²) < 4.78 is 11.7. The van der Waals surface area contributed by atoms with Crippen LogP contribution in [-0.2, 0) is 0 Å². The normalized spacial score (nSPS) is 11.8. The van der Waals surface area contributed by atoms with E-state index in [1.165, 1.54) is 59.1 Å². The minimum Gasteiger partial charge on any atom is -0.455 e. The molecule has 0 unspecified atom stereocenters. The van der Waals surface area contributed by atoms with Gasteiger partial charge in [0.15, 0.2) is 0 Å². The van der Waals surface area contributed by atoms with E-state index in [-0.39, 0.29) is 0 Å². The van der Waals surface area contributed by atoms with E-state index in [0.717, 1.165) is 33.1 Å². The van der Waals surface area contributed by atoms with Gasteiger partial charge in [-0.3, -0.25) is 0 Å². The van der Waals surface area contributed by atoms with Crippen molar-refractivity contribution in [3.63, 3.8) is 0 Å². The van der Waals surface area contributed by atoms with Gasteiger partial charge in [-0.25, -0.2) is 0 Å². The molecule has 3 heteroatoms. The molecule has 0 radical (unpaired) electrons. The Balaban J connectivity index is 1.28. The third-order valence-corrected chi connectivity index (χ3v) is 10.6.